The number of aromatic amines is 1. The smallest absolute Gasteiger partial charge is 0.226 e. The Hall–Kier alpha value is -2.93. The second kappa shape index (κ2) is 9.75. The number of carbonyl (C=O) groups excluding carboxylic acids is 1. The minimum Gasteiger partial charge on any atom is -0.492 e. The van der Waals surface area contributed by atoms with E-state index >= 15 is 8.78 Å². The molecule has 1 N–H and O–H groups in total. The number of H-pyrrole nitrogens is 1. The summed E-state index contributed by atoms with van der Waals surface area (Å²) in [5.74, 6) is -0.980. The molecule has 2 aliphatic rings. The molecule has 37 heavy (non-hydrogen) atoms. The average molecular weight is 510 g/mol. The third-order valence-electron chi connectivity index (χ3n) is 7.98. The lowest BCUT2D eigenvalue weighted by molar-refractivity contribution is -0.143. The van der Waals surface area contributed by atoms with Crippen molar-refractivity contribution >= 4 is 16.8 Å². The molecule has 5 rings (SSSR count). The van der Waals surface area contributed by atoms with Gasteiger partial charge in [-0.3, -0.25) is 9.69 Å². The van der Waals surface area contributed by atoms with E-state index in [4.69, 9.17) is 4.74 Å². The predicted molar refractivity (Wildman–Crippen MR) is 142 cm³/mol. The minimum atomic E-state index is -0.915. The number of hydrogen-bond acceptors (Lipinski definition) is 3. The molecule has 2 aliphatic heterocycles. The van der Waals surface area contributed by atoms with Crippen LogP contribution in [0.4, 0.5) is 8.78 Å². The normalized spacial score (nSPS) is 19.8. The topological polar surface area (TPSA) is 48.6 Å². The highest BCUT2D eigenvalue weighted by atomic mass is 19.1. The molecule has 7 heteroatoms. The number of likely N-dealkylation sites (tertiary alicyclic amines) is 1. The molecule has 0 spiro atoms. The van der Waals surface area contributed by atoms with Crippen LogP contribution in [0.25, 0.3) is 10.9 Å². The number of rotatable bonds is 7. The van der Waals surface area contributed by atoms with E-state index in [0.29, 0.717) is 18.7 Å². The third-order valence-corrected chi connectivity index (χ3v) is 7.98. The maximum atomic E-state index is 15.8. The Morgan fingerprint density at radius 1 is 1.16 bits per heavy atom. The van der Waals surface area contributed by atoms with E-state index in [1.807, 2.05) is 52.0 Å². The van der Waals surface area contributed by atoms with Gasteiger partial charge in [0, 0.05) is 59.8 Å². The zero-order valence-corrected chi connectivity index (χ0v) is 22.4. The molecule has 198 valence electrons. The number of fused-ring (bicyclic) bond motifs is 3. The zero-order chi connectivity index (χ0) is 26.5. The van der Waals surface area contributed by atoms with Gasteiger partial charge in [-0.1, -0.05) is 45.4 Å². The van der Waals surface area contributed by atoms with E-state index in [1.165, 1.54) is 18.6 Å². The third kappa shape index (κ3) is 4.63. The summed E-state index contributed by atoms with van der Waals surface area (Å²) >= 11 is 0. The van der Waals surface area contributed by atoms with Gasteiger partial charge in [0.25, 0.3) is 0 Å². The first-order valence-electron chi connectivity index (χ1n) is 13.4. The summed E-state index contributed by atoms with van der Waals surface area (Å²) in [6.07, 6.45) is 1.75. The summed E-state index contributed by atoms with van der Waals surface area (Å²) < 4.78 is 37.4. The van der Waals surface area contributed by atoms with E-state index in [2.05, 4.69) is 16.8 Å². The van der Waals surface area contributed by atoms with Crippen molar-refractivity contribution in [1.82, 2.24) is 14.8 Å². The van der Waals surface area contributed by atoms with Gasteiger partial charge in [-0.25, -0.2) is 8.78 Å². The zero-order valence-electron chi connectivity index (χ0n) is 22.4. The van der Waals surface area contributed by atoms with Crippen LogP contribution in [-0.4, -0.2) is 52.5 Å². The Morgan fingerprint density at radius 3 is 2.49 bits per heavy atom. The first kappa shape index (κ1) is 25.7. The number of halogens is 2. The van der Waals surface area contributed by atoms with Crippen molar-refractivity contribution < 1.29 is 18.3 Å². The van der Waals surface area contributed by atoms with Gasteiger partial charge in [0.1, 0.15) is 30.0 Å². The first-order chi connectivity index (χ1) is 17.6. The van der Waals surface area contributed by atoms with E-state index in [9.17, 15) is 4.79 Å². The highest BCUT2D eigenvalue weighted by Crippen LogP contribution is 2.47. The summed E-state index contributed by atoms with van der Waals surface area (Å²) in [5, 5.41) is 1.02. The molecular weight excluding hydrogens is 472 g/mol. The van der Waals surface area contributed by atoms with Crippen molar-refractivity contribution in [3.05, 3.63) is 64.9 Å². The second-order valence-corrected chi connectivity index (χ2v) is 11.5. The van der Waals surface area contributed by atoms with Crippen LogP contribution in [0.1, 0.15) is 63.9 Å². The largest absolute Gasteiger partial charge is 0.492 e. The maximum absolute atomic E-state index is 15.8. The molecule has 0 bridgehead atoms. The molecule has 1 amide bonds. The summed E-state index contributed by atoms with van der Waals surface area (Å²) in [6, 6.07) is 9.45. The van der Waals surface area contributed by atoms with Gasteiger partial charge in [-0.15, -0.1) is 0 Å². The van der Waals surface area contributed by atoms with Gasteiger partial charge in [0.05, 0.1) is 5.56 Å². The summed E-state index contributed by atoms with van der Waals surface area (Å²) in [4.78, 5) is 20.9. The molecule has 1 aromatic heterocycles. The van der Waals surface area contributed by atoms with E-state index in [0.717, 1.165) is 42.0 Å². The fourth-order valence-electron chi connectivity index (χ4n) is 5.93. The van der Waals surface area contributed by atoms with Crippen molar-refractivity contribution in [2.75, 3.05) is 26.2 Å². The van der Waals surface area contributed by atoms with Gasteiger partial charge < -0.3 is 14.6 Å². The predicted octanol–water partition coefficient (Wildman–Crippen LogP) is 6.08. The molecule has 1 saturated heterocycles. The van der Waals surface area contributed by atoms with Crippen LogP contribution in [0.15, 0.2) is 36.4 Å². The molecular formula is C30H37F2N3O2. The van der Waals surface area contributed by atoms with Gasteiger partial charge in [-0.05, 0) is 37.8 Å². The van der Waals surface area contributed by atoms with Crippen LogP contribution in [-0.2, 0) is 11.2 Å². The monoisotopic (exact) mass is 509 g/mol. The van der Waals surface area contributed by atoms with Crippen LogP contribution in [0.2, 0.25) is 0 Å². The number of ether oxygens (including phenoxy) is 1. The average Bonchev–Trinajstić information content (AvgIpc) is 3.16. The van der Waals surface area contributed by atoms with Crippen LogP contribution in [0.3, 0.4) is 0 Å². The first-order valence-corrected chi connectivity index (χ1v) is 13.4. The number of hydrogen-bond donors (Lipinski definition) is 1. The van der Waals surface area contributed by atoms with Gasteiger partial charge in [0.15, 0.2) is 0 Å². The van der Waals surface area contributed by atoms with Crippen molar-refractivity contribution in [3.8, 4) is 5.75 Å². The van der Waals surface area contributed by atoms with Gasteiger partial charge in [0.2, 0.25) is 5.91 Å². The standard InChI is InChI=1S/C30H37F2N3O2/c1-6-19-16-34(17-19)11-12-37-20-13-23(31)26(24(32)14-20)28-27-22(21-9-7-8-10-25(21)33-27)15-30(4,5)35(28)29(36)18(2)3/h7-10,13-14,18-19,28,33H,6,11-12,15-17H2,1-5H3. The molecule has 1 unspecified atom stereocenters. The lowest BCUT2D eigenvalue weighted by atomic mass is 9.80. The van der Waals surface area contributed by atoms with Crippen LogP contribution < -0.4 is 4.74 Å². The van der Waals surface area contributed by atoms with Gasteiger partial charge in [-0.2, -0.15) is 0 Å². The Kier molecular flexibility index (Phi) is 6.77. The fourth-order valence-corrected chi connectivity index (χ4v) is 5.93. The van der Waals surface area contributed by atoms with E-state index in [1.54, 1.807) is 4.90 Å². The lowest BCUT2D eigenvalue weighted by Gasteiger charge is -2.48. The molecule has 1 atom stereocenters. The number of benzene rings is 2. The summed E-state index contributed by atoms with van der Waals surface area (Å²) in [6.45, 7) is 13.0. The fraction of sp³-hybridized carbons (Fsp3) is 0.500. The number of amides is 1. The number of carbonyl (C=O) groups is 1. The SMILES string of the molecule is CCC1CN(CCOc2cc(F)c(C3c4[nH]c5ccccc5c4CC(C)(C)N3C(=O)C(C)C)c(F)c2)C1. The lowest BCUT2D eigenvalue weighted by Crippen LogP contribution is -2.55. The second-order valence-electron chi connectivity index (χ2n) is 11.5. The highest BCUT2D eigenvalue weighted by Gasteiger charge is 2.47. The Labute approximate surface area is 217 Å². The van der Waals surface area contributed by atoms with Crippen molar-refractivity contribution in [1.29, 1.82) is 0 Å². The molecule has 3 aromatic rings. The maximum Gasteiger partial charge on any atom is 0.226 e. The van der Waals surface area contributed by atoms with Crippen molar-refractivity contribution in [2.24, 2.45) is 11.8 Å². The van der Waals surface area contributed by atoms with E-state index < -0.39 is 23.2 Å². The molecule has 3 heterocycles. The Morgan fingerprint density at radius 2 is 1.84 bits per heavy atom. The van der Waals surface area contributed by atoms with Gasteiger partial charge >= 0.3 is 0 Å². The number of para-hydroxylation sites is 1. The number of aromatic nitrogens is 1. The van der Waals surface area contributed by atoms with E-state index in [-0.39, 0.29) is 23.1 Å². The highest BCUT2D eigenvalue weighted by molar-refractivity contribution is 5.87. The van der Waals surface area contributed by atoms with Crippen LogP contribution in [0.5, 0.6) is 5.75 Å². The molecule has 2 aromatic carbocycles. The Bertz CT molecular complexity index is 1290. The number of nitrogens with one attached hydrogen (secondary N) is 1. The number of nitrogens with zero attached hydrogens (tertiary/aromatic N) is 2. The molecule has 0 aliphatic carbocycles. The van der Waals surface area contributed by atoms with Crippen LogP contribution in [0, 0.1) is 23.5 Å². The quantitative estimate of drug-likeness (QED) is 0.420. The summed E-state index contributed by atoms with van der Waals surface area (Å²) in [7, 11) is 0. The van der Waals surface area contributed by atoms with Crippen molar-refractivity contribution in [3.63, 3.8) is 0 Å². The summed E-state index contributed by atoms with van der Waals surface area (Å²) in [5.41, 5.74) is 1.78. The van der Waals surface area contributed by atoms with Crippen LogP contribution >= 0.6 is 0 Å². The molecule has 1 fully saturated rings. The molecule has 0 radical (unpaired) electrons. The Balaban J connectivity index is 1.52. The minimum absolute atomic E-state index is 0.129. The molecule has 0 saturated carbocycles. The molecule has 5 nitrogen and oxygen atoms in total. The van der Waals surface area contributed by atoms with Crippen molar-refractivity contribution in [2.45, 2.75) is 59.0 Å².